The Bertz CT molecular complexity index is 357. The van der Waals surface area contributed by atoms with Gasteiger partial charge in [-0.15, -0.1) is 0 Å². The van der Waals surface area contributed by atoms with Crippen molar-refractivity contribution < 1.29 is 14.3 Å². The van der Waals surface area contributed by atoms with Crippen LogP contribution in [0.2, 0.25) is 0 Å². The summed E-state index contributed by atoms with van der Waals surface area (Å²) in [6.07, 6.45) is 3.56. The van der Waals surface area contributed by atoms with Crippen molar-refractivity contribution in [3.63, 3.8) is 0 Å². The average molecular weight is 331 g/mol. The Kier molecular flexibility index (Phi) is 4.58. The van der Waals surface area contributed by atoms with Crippen LogP contribution in [-0.2, 0) is 14.3 Å². The fourth-order valence-corrected chi connectivity index (χ4v) is 2.87. The number of hydrogen-bond acceptors (Lipinski definition) is 3. The summed E-state index contributed by atoms with van der Waals surface area (Å²) in [5.41, 5.74) is 0. The predicted molar refractivity (Wildman–Crippen MR) is 74.5 cm³/mol. The molecular formula is C12H18Cl3NO3. The minimum atomic E-state index is -1.95. The van der Waals surface area contributed by atoms with Gasteiger partial charge in [-0.1, -0.05) is 47.6 Å². The van der Waals surface area contributed by atoms with Crippen LogP contribution >= 0.6 is 34.8 Å². The maximum atomic E-state index is 11.8. The number of halogens is 3. The first kappa shape index (κ1) is 15.6. The second-order valence-electron chi connectivity index (χ2n) is 5.50. The van der Waals surface area contributed by atoms with Crippen LogP contribution in [0.4, 0.5) is 0 Å². The molecule has 4 nitrogen and oxygen atoms in total. The van der Waals surface area contributed by atoms with E-state index in [1.807, 2.05) is 13.8 Å². The molecule has 2 aliphatic rings. The summed E-state index contributed by atoms with van der Waals surface area (Å²) < 4.78 is 9.80. The van der Waals surface area contributed by atoms with Crippen LogP contribution in [0.15, 0.2) is 0 Å². The molecule has 0 unspecified atom stereocenters. The van der Waals surface area contributed by atoms with Crippen LogP contribution in [0.25, 0.3) is 0 Å². The number of amides is 1. The van der Waals surface area contributed by atoms with Crippen molar-refractivity contribution >= 4 is 40.7 Å². The summed E-state index contributed by atoms with van der Waals surface area (Å²) in [4.78, 5) is 11.8. The lowest BCUT2D eigenvalue weighted by molar-refractivity contribution is -0.151. The van der Waals surface area contributed by atoms with Crippen LogP contribution in [0.3, 0.4) is 0 Å². The molecule has 1 saturated carbocycles. The SMILES string of the molecule is CC1(C)O[C@H]2[C@@H](NC(=O)C(Cl)(Cl)Cl)CCCC[C@H]2O1. The minimum Gasteiger partial charge on any atom is -0.347 e. The summed E-state index contributed by atoms with van der Waals surface area (Å²) in [6, 6.07) is -0.183. The second-order valence-corrected chi connectivity index (χ2v) is 7.78. The van der Waals surface area contributed by atoms with Gasteiger partial charge in [-0.2, -0.15) is 0 Å². The maximum absolute atomic E-state index is 11.8. The third-order valence-electron chi connectivity index (χ3n) is 3.45. The molecule has 0 spiro atoms. The van der Waals surface area contributed by atoms with E-state index in [4.69, 9.17) is 44.3 Å². The highest BCUT2D eigenvalue weighted by atomic mass is 35.6. The van der Waals surface area contributed by atoms with Gasteiger partial charge in [0.15, 0.2) is 5.79 Å². The van der Waals surface area contributed by atoms with Crippen LogP contribution in [0.1, 0.15) is 39.5 Å². The highest BCUT2D eigenvalue weighted by molar-refractivity contribution is 6.76. The predicted octanol–water partition coefficient (Wildman–Crippen LogP) is 2.94. The first-order valence-electron chi connectivity index (χ1n) is 6.42. The average Bonchev–Trinajstić information content (AvgIpc) is 2.46. The number of hydrogen-bond donors (Lipinski definition) is 1. The van der Waals surface area contributed by atoms with E-state index < -0.39 is 15.5 Å². The number of alkyl halides is 3. The van der Waals surface area contributed by atoms with Crippen molar-refractivity contribution in [1.29, 1.82) is 0 Å². The van der Waals surface area contributed by atoms with Crippen molar-refractivity contribution in [2.45, 2.75) is 67.4 Å². The zero-order chi connectivity index (χ0) is 14.3. The van der Waals surface area contributed by atoms with Crippen molar-refractivity contribution in [2.24, 2.45) is 0 Å². The van der Waals surface area contributed by atoms with Gasteiger partial charge in [0, 0.05) is 0 Å². The van der Waals surface area contributed by atoms with Gasteiger partial charge in [0.2, 0.25) is 0 Å². The Balaban J connectivity index is 2.08. The smallest absolute Gasteiger partial charge is 0.272 e. The quantitative estimate of drug-likeness (QED) is 0.752. The highest BCUT2D eigenvalue weighted by Crippen LogP contribution is 2.36. The number of nitrogens with one attached hydrogen (secondary N) is 1. The van der Waals surface area contributed by atoms with Crippen molar-refractivity contribution in [1.82, 2.24) is 5.32 Å². The highest BCUT2D eigenvalue weighted by Gasteiger charge is 2.47. The van der Waals surface area contributed by atoms with Gasteiger partial charge in [-0.25, -0.2) is 0 Å². The first-order valence-corrected chi connectivity index (χ1v) is 7.56. The molecule has 110 valence electrons. The molecule has 1 N–H and O–H groups in total. The molecule has 2 fully saturated rings. The molecule has 2 rings (SSSR count). The Morgan fingerprint density at radius 3 is 2.47 bits per heavy atom. The molecule has 7 heteroatoms. The molecule has 0 aromatic rings. The standard InChI is InChI=1S/C12H18Cl3NO3/c1-11(2)18-8-6-4-3-5-7(9(8)19-11)16-10(17)12(13,14)15/h7-9H,3-6H2,1-2H3,(H,16,17)/t7-,8+,9-/m0/s1. The molecule has 1 amide bonds. The fourth-order valence-electron chi connectivity index (χ4n) is 2.71. The normalized spacial score (nSPS) is 34.5. The number of rotatable bonds is 1. The molecular weight excluding hydrogens is 312 g/mol. The fraction of sp³-hybridized carbons (Fsp3) is 0.917. The van der Waals surface area contributed by atoms with Gasteiger partial charge in [0.05, 0.1) is 12.1 Å². The van der Waals surface area contributed by atoms with Crippen LogP contribution < -0.4 is 5.32 Å². The Hall–Kier alpha value is 0.260. The summed E-state index contributed by atoms with van der Waals surface area (Å²) in [6.45, 7) is 3.74. The topological polar surface area (TPSA) is 47.6 Å². The van der Waals surface area contributed by atoms with E-state index in [9.17, 15) is 4.79 Å². The summed E-state index contributed by atoms with van der Waals surface area (Å²) >= 11 is 16.8. The first-order chi connectivity index (χ1) is 8.69. The molecule has 19 heavy (non-hydrogen) atoms. The lowest BCUT2D eigenvalue weighted by Gasteiger charge is -2.26. The van der Waals surface area contributed by atoms with Gasteiger partial charge < -0.3 is 14.8 Å². The Morgan fingerprint density at radius 2 is 1.84 bits per heavy atom. The van der Waals surface area contributed by atoms with Crippen molar-refractivity contribution in [3.05, 3.63) is 0 Å². The van der Waals surface area contributed by atoms with E-state index in [1.54, 1.807) is 0 Å². The number of ether oxygens (including phenoxy) is 2. The number of fused-ring (bicyclic) bond motifs is 1. The lowest BCUT2D eigenvalue weighted by Crippen LogP contribution is -2.50. The molecule has 1 aliphatic heterocycles. The molecule has 1 aliphatic carbocycles. The van der Waals surface area contributed by atoms with E-state index in [1.165, 1.54) is 0 Å². The van der Waals surface area contributed by atoms with Crippen molar-refractivity contribution in [3.8, 4) is 0 Å². The van der Waals surface area contributed by atoms with E-state index in [0.29, 0.717) is 0 Å². The van der Waals surface area contributed by atoms with E-state index in [0.717, 1.165) is 25.7 Å². The molecule has 0 radical (unpaired) electrons. The van der Waals surface area contributed by atoms with Gasteiger partial charge in [-0.3, -0.25) is 4.79 Å². The van der Waals surface area contributed by atoms with Crippen molar-refractivity contribution in [2.75, 3.05) is 0 Å². The van der Waals surface area contributed by atoms with Crippen LogP contribution in [0.5, 0.6) is 0 Å². The molecule has 0 bridgehead atoms. The third-order valence-corrected chi connectivity index (χ3v) is 3.96. The Labute approximate surface area is 128 Å². The number of carbonyl (C=O) groups is 1. The molecule has 1 saturated heterocycles. The monoisotopic (exact) mass is 329 g/mol. The largest absolute Gasteiger partial charge is 0.347 e. The molecule has 1 heterocycles. The van der Waals surface area contributed by atoms with E-state index in [-0.39, 0.29) is 18.2 Å². The molecule has 0 aromatic heterocycles. The third kappa shape index (κ3) is 3.88. The zero-order valence-electron chi connectivity index (χ0n) is 10.9. The van der Waals surface area contributed by atoms with E-state index >= 15 is 0 Å². The van der Waals surface area contributed by atoms with Gasteiger partial charge >= 0.3 is 0 Å². The summed E-state index contributed by atoms with van der Waals surface area (Å²) in [7, 11) is 0. The lowest BCUT2D eigenvalue weighted by atomic mass is 10.0. The van der Waals surface area contributed by atoms with Crippen LogP contribution in [0, 0.1) is 0 Å². The molecule has 0 aromatic carbocycles. The second kappa shape index (κ2) is 5.57. The summed E-state index contributed by atoms with van der Waals surface area (Å²) in [5.74, 6) is -1.24. The van der Waals surface area contributed by atoms with Gasteiger partial charge in [-0.05, 0) is 26.7 Å². The molecule has 3 atom stereocenters. The van der Waals surface area contributed by atoms with Crippen LogP contribution in [-0.4, -0.2) is 33.7 Å². The number of carbonyl (C=O) groups excluding carboxylic acids is 1. The minimum absolute atomic E-state index is 0.0156. The van der Waals surface area contributed by atoms with E-state index in [2.05, 4.69) is 5.32 Å². The summed E-state index contributed by atoms with van der Waals surface area (Å²) in [5, 5.41) is 2.77. The van der Waals surface area contributed by atoms with Gasteiger partial charge in [0.25, 0.3) is 9.70 Å². The maximum Gasteiger partial charge on any atom is 0.272 e. The Morgan fingerprint density at radius 1 is 1.21 bits per heavy atom. The van der Waals surface area contributed by atoms with Gasteiger partial charge in [0.1, 0.15) is 6.10 Å². The zero-order valence-corrected chi connectivity index (χ0v) is 13.2.